The second kappa shape index (κ2) is 12.0. The van der Waals surface area contributed by atoms with Crippen LogP contribution in [-0.2, 0) is 4.74 Å². The highest BCUT2D eigenvalue weighted by atomic mass is 16.5. The van der Waals surface area contributed by atoms with Gasteiger partial charge in [0, 0.05) is 42.3 Å². The number of nitriles is 1. The molecular weight excluding hydrogens is 482 g/mol. The van der Waals surface area contributed by atoms with Gasteiger partial charge in [0.15, 0.2) is 5.75 Å². The Balaban J connectivity index is 1.30. The third-order valence-corrected chi connectivity index (χ3v) is 7.39. The van der Waals surface area contributed by atoms with Gasteiger partial charge in [0.2, 0.25) is 5.95 Å². The minimum absolute atomic E-state index is 0.0591. The first-order valence-corrected chi connectivity index (χ1v) is 13.2. The molecule has 1 amide bonds. The van der Waals surface area contributed by atoms with Crippen LogP contribution in [0.2, 0.25) is 0 Å². The van der Waals surface area contributed by atoms with E-state index in [1.165, 1.54) is 12.8 Å². The van der Waals surface area contributed by atoms with E-state index in [4.69, 9.17) is 14.5 Å². The molecule has 0 radical (unpaired) electrons. The van der Waals surface area contributed by atoms with Gasteiger partial charge in [0.25, 0.3) is 5.91 Å². The molecule has 1 aliphatic heterocycles. The summed E-state index contributed by atoms with van der Waals surface area (Å²) in [7, 11) is 1.58. The molecule has 2 aliphatic rings. The van der Waals surface area contributed by atoms with E-state index in [0.717, 1.165) is 36.9 Å². The van der Waals surface area contributed by atoms with Gasteiger partial charge in [-0.2, -0.15) is 10.4 Å². The van der Waals surface area contributed by atoms with Gasteiger partial charge in [0.05, 0.1) is 38.0 Å². The summed E-state index contributed by atoms with van der Waals surface area (Å²) in [6.45, 7) is 1.36. The molecule has 1 saturated carbocycles. The number of aromatic nitrogens is 4. The smallest absolute Gasteiger partial charge is 0.251 e. The van der Waals surface area contributed by atoms with Crippen LogP contribution < -0.4 is 15.4 Å². The molecule has 2 N–H and O–H groups in total. The average molecular weight is 516 g/mol. The first-order chi connectivity index (χ1) is 18.6. The van der Waals surface area contributed by atoms with E-state index in [1.54, 1.807) is 31.6 Å². The predicted octanol–water partition coefficient (Wildman–Crippen LogP) is 4.65. The van der Waals surface area contributed by atoms with E-state index in [9.17, 15) is 10.1 Å². The summed E-state index contributed by atoms with van der Waals surface area (Å²) in [4.78, 5) is 21.7. The van der Waals surface area contributed by atoms with Crippen molar-refractivity contribution in [1.82, 2.24) is 25.1 Å². The van der Waals surface area contributed by atoms with Gasteiger partial charge in [-0.05, 0) is 55.9 Å². The maximum absolute atomic E-state index is 12.6. The molecule has 10 heteroatoms. The number of amides is 1. The van der Waals surface area contributed by atoms with E-state index in [-0.39, 0.29) is 18.0 Å². The van der Waals surface area contributed by atoms with Gasteiger partial charge in [-0.25, -0.2) is 9.97 Å². The Morgan fingerprint density at radius 1 is 1.18 bits per heavy atom. The molecular formula is C28H33N7O3. The van der Waals surface area contributed by atoms with Crippen molar-refractivity contribution in [3.63, 3.8) is 0 Å². The van der Waals surface area contributed by atoms with Crippen LogP contribution in [0.5, 0.6) is 5.75 Å². The number of rotatable bonds is 9. The molecule has 1 aromatic carbocycles. The van der Waals surface area contributed by atoms with Gasteiger partial charge in [-0.15, -0.1) is 0 Å². The van der Waals surface area contributed by atoms with Crippen molar-refractivity contribution in [2.24, 2.45) is 5.92 Å². The standard InChI is InChI=1S/C28H33N7O3/c1-37-25-17-30-28(33-22-8-6-20(7-9-22)27(36)32-23-11-14-38-15-12-23)34-26(25)21-16-31-35(18-21)24(10-13-29)19-4-2-3-5-19/h6-9,16-19,23-24H,2-5,10-12,14-15H2,1H3,(H,32,36)(H,30,33,34). The molecule has 2 fully saturated rings. The van der Waals surface area contributed by atoms with Crippen LogP contribution in [0.15, 0.2) is 42.9 Å². The fourth-order valence-corrected chi connectivity index (χ4v) is 5.29. The van der Waals surface area contributed by atoms with E-state index >= 15 is 0 Å². The predicted molar refractivity (Wildman–Crippen MR) is 142 cm³/mol. The summed E-state index contributed by atoms with van der Waals surface area (Å²) in [5.74, 6) is 1.31. The molecule has 0 spiro atoms. The molecule has 1 unspecified atom stereocenters. The zero-order chi connectivity index (χ0) is 26.3. The lowest BCUT2D eigenvalue weighted by molar-refractivity contribution is 0.0696. The molecule has 2 aromatic heterocycles. The molecule has 10 nitrogen and oxygen atoms in total. The molecule has 1 aliphatic carbocycles. The summed E-state index contributed by atoms with van der Waals surface area (Å²) in [5.41, 5.74) is 2.77. The summed E-state index contributed by atoms with van der Waals surface area (Å²) in [5, 5.41) is 20.3. The average Bonchev–Trinajstić information content (AvgIpc) is 3.66. The van der Waals surface area contributed by atoms with Gasteiger partial charge in [-0.1, -0.05) is 12.8 Å². The Morgan fingerprint density at radius 3 is 2.66 bits per heavy atom. The molecule has 0 bridgehead atoms. The summed E-state index contributed by atoms with van der Waals surface area (Å²) in [6.07, 6.45) is 12.1. The van der Waals surface area contributed by atoms with Gasteiger partial charge in [0.1, 0.15) is 5.69 Å². The molecule has 1 saturated heterocycles. The van der Waals surface area contributed by atoms with Crippen molar-refractivity contribution in [2.45, 2.75) is 57.0 Å². The number of hydrogen-bond donors (Lipinski definition) is 2. The first kappa shape index (κ1) is 25.7. The zero-order valence-electron chi connectivity index (χ0n) is 21.6. The van der Waals surface area contributed by atoms with Crippen LogP contribution in [0, 0.1) is 17.2 Å². The number of carbonyl (C=O) groups is 1. The number of nitrogens with one attached hydrogen (secondary N) is 2. The third-order valence-electron chi connectivity index (χ3n) is 7.39. The minimum atomic E-state index is -0.0873. The lowest BCUT2D eigenvalue weighted by Crippen LogP contribution is -2.38. The maximum atomic E-state index is 12.6. The van der Waals surface area contributed by atoms with E-state index in [2.05, 4.69) is 26.8 Å². The van der Waals surface area contributed by atoms with Crippen molar-refractivity contribution in [2.75, 3.05) is 25.6 Å². The lowest BCUT2D eigenvalue weighted by atomic mass is 9.96. The summed E-state index contributed by atoms with van der Waals surface area (Å²) < 4.78 is 12.8. The fraction of sp³-hybridized carbons (Fsp3) is 0.464. The van der Waals surface area contributed by atoms with Crippen molar-refractivity contribution in [1.29, 1.82) is 5.26 Å². The largest absolute Gasteiger partial charge is 0.493 e. The van der Waals surface area contributed by atoms with Gasteiger partial charge in [-0.3, -0.25) is 9.48 Å². The first-order valence-electron chi connectivity index (χ1n) is 13.2. The molecule has 5 rings (SSSR count). The monoisotopic (exact) mass is 515 g/mol. The number of nitrogens with zero attached hydrogens (tertiary/aromatic N) is 5. The third kappa shape index (κ3) is 5.94. The van der Waals surface area contributed by atoms with Crippen molar-refractivity contribution < 1.29 is 14.3 Å². The number of hydrogen-bond acceptors (Lipinski definition) is 8. The quantitative estimate of drug-likeness (QED) is 0.422. The zero-order valence-corrected chi connectivity index (χ0v) is 21.6. The van der Waals surface area contributed by atoms with Crippen molar-refractivity contribution >= 4 is 17.5 Å². The van der Waals surface area contributed by atoms with Gasteiger partial charge >= 0.3 is 0 Å². The molecule has 3 aromatic rings. The topological polar surface area (TPSA) is 127 Å². The van der Waals surface area contributed by atoms with Crippen LogP contribution in [0.3, 0.4) is 0 Å². The van der Waals surface area contributed by atoms with E-state index in [1.807, 2.05) is 23.0 Å². The molecule has 1 atom stereocenters. The van der Waals surface area contributed by atoms with Crippen molar-refractivity contribution in [3.05, 3.63) is 48.4 Å². The van der Waals surface area contributed by atoms with Crippen LogP contribution in [-0.4, -0.2) is 52.0 Å². The van der Waals surface area contributed by atoms with Gasteiger partial charge < -0.3 is 20.1 Å². The Hall–Kier alpha value is -3.97. The van der Waals surface area contributed by atoms with E-state index < -0.39 is 0 Å². The summed E-state index contributed by atoms with van der Waals surface area (Å²) in [6, 6.07) is 9.77. The Bertz CT molecular complexity index is 1270. The number of benzene rings is 1. The summed E-state index contributed by atoms with van der Waals surface area (Å²) >= 11 is 0. The maximum Gasteiger partial charge on any atom is 0.251 e. The SMILES string of the molecule is COc1cnc(Nc2ccc(C(=O)NC3CCOCC3)cc2)nc1-c1cnn(C(CC#N)C2CCCC2)c1. The fourth-order valence-electron chi connectivity index (χ4n) is 5.29. The van der Waals surface area contributed by atoms with Crippen LogP contribution in [0.4, 0.5) is 11.6 Å². The highest BCUT2D eigenvalue weighted by Crippen LogP contribution is 2.37. The minimum Gasteiger partial charge on any atom is -0.493 e. The number of anilines is 2. The normalized spacial score (nSPS) is 17.1. The van der Waals surface area contributed by atoms with Crippen LogP contribution in [0.25, 0.3) is 11.3 Å². The second-order valence-corrected chi connectivity index (χ2v) is 9.86. The van der Waals surface area contributed by atoms with E-state index in [0.29, 0.717) is 48.5 Å². The Labute approximate surface area is 222 Å². The Kier molecular flexibility index (Phi) is 8.14. The van der Waals surface area contributed by atoms with Crippen molar-refractivity contribution in [3.8, 4) is 23.1 Å². The molecule has 38 heavy (non-hydrogen) atoms. The Morgan fingerprint density at radius 2 is 1.95 bits per heavy atom. The number of methoxy groups -OCH3 is 1. The molecule has 198 valence electrons. The highest BCUT2D eigenvalue weighted by molar-refractivity contribution is 5.94. The number of carbonyl (C=O) groups excluding carboxylic acids is 1. The second-order valence-electron chi connectivity index (χ2n) is 9.86. The lowest BCUT2D eigenvalue weighted by Gasteiger charge is -2.23. The van der Waals surface area contributed by atoms with Crippen LogP contribution >= 0.6 is 0 Å². The molecule has 3 heterocycles. The highest BCUT2D eigenvalue weighted by Gasteiger charge is 2.27. The number of ether oxygens (including phenoxy) is 2. The van der Waals surface area contributed by atoms with Crippen LogP contribution in [0.1, 0.15) is 61.3 Å².